The molecule has 1 aliphatic rings. The Morgan fingerprint density at radius 3 is 2.67 bits per heavy atom. The van der Waals surface area contributed by atoms with Crippen molar-refractivity contribution >= 4 is 17.7 Å². The van der Waals surface area contributed by atoms with Gasteiger partial charge < -0.3 is 10.0 Å². The molecular formula is C16H22N2O3. The van der Waals surface area contributed by atoms with Gasteiger partial charge in [0.2, 0.25) is 0 Å². The monoisotopic (exact) mass is 290 g/mol. The largest absolute Gasteiger partial charge is 0.478 e. The van der Waals surface area contributed by atoms with Crippen LogP contribution in [0.25, 0.3) is 0 Å². The Hall–Kier alpha value is -2.04. The van der Waals surface area contributed by atoms with Crippen LogP contribution in [0.3, 0.4) is 0 Å². The van der Waals surface area contributed by atoms with Crippen molar-refractivity contribution in [1.82, 2.24) is 4.90 Å². The molecule has 0 bridgehead atoms. The molecule has 2 amide bonds. The predicted molar refractivity (Wildman–Crippen MR) is 82.0 cm³/mol. The van der Waals surface area contributed by atoms with E-state index >= 15 is 0 Å². The summed E-state index contributed by atoms with van der Waals surface area (Å²) in [6, 6.07) is 5.15. The fourth-order valence-electron chi connectivity index (χ4n) is 2.72. The Morgan fingerprint density at radius 2 is 2.10 bits per heavy atom. The van der Waals surface area contributed by atoms with Crippen molar-refractivity contribution in [2.45, 2.75) is 39.7 Å². The van der Waals surface area contributed by atoms with Crippen LogP contribution in [0.15, 0.2) is 18.2 Å². The maximum Gasteiger partial charge on any atom is 0.335 e. The molecule has 0 fully saturated rings. The van der Waals surface area contributed by atoms with Gasteiger partial charge in [-0.25, -0.2) is 9.59 Å². The minimum absolute atomic E-state index is 0.0341. The normalized spacial score (nSPS) is 14.7. The number of carboxylic acids is 1. The lowest BCUT2D eigenvalue weighted by Crippen LogP contribution is -2.46. The molecule has 0 saturated heterocycles. The van der Waals surface area contributed by atoms with E-state index in [-0.39, 0.29) is 17.6 Å². The molecule has 0 aromatic heterocycles. The van der Waals surface area contributed by atoms with Crippen LogP contribution >= 0.6 is 0 Å². The molecule has 114 valence electrons. The average molecular weight is 290 g/mol. The number of anilines is 1. The number of fused-ring (bicyclic) bond motifs is 1. The maximum absolute atomic E-state index is 12.7. The van der Waals surface area contributed by atoms with Crippen LogP contribution in [-0.2, 0) is 6.42 Å². The van der Waals surface area contributed by atoms with E-state index in [2.05, 4.69) is 6.92 Å². The number of benzene rings is 1. The average Bonchev–Trinajstić information content (AvgIpc) is 2.90. The van der Waals surface area contributed by atoms with Crippen molar-refractivity contribution in [2.24, 2.45) is 0 Å². The molecule has 5 nitrogen and oxygen atoms in total. The second-order valence-corrected chi connectivity index (χ2v) is 5.38. The van der Waals surface area contributed by atoms with Gasteiger partial charge in [-0.15, -0.1) is 0 Å². The lowest BCUT2D eigenvalue weighted by Gasteiger charge is -2.32. The standard InChI is InChI=1S/C16H22N2O3/c1-4-11(3)17(5-2)16(21)18-9-8-12-6-7-13(15(19)20)10-14(12)18/h6-7,10-11H,4-5,8-9H2,1-3H3,(H,19,20). The summed E-state index contributed by atoms with van der Waals surface area (Å²) < 4.78 is 0. The van der Waals surface area contributed by atoms with Crippen molar-refractivity contribution in [2.75, 3.05) is 18.0 Å². The van der Waals surface area contributed by atoms with Gasteiger partial charge in [0.05, 0.1) is 5.56 Å². The Morgan fingerprint density at radius 1 is 1.38 bits per heavy atom. The van der Waals surface area contributed by atoms with Gasteiger partial charge in [-0.05, 0) is 44.4 Å². The van der Waals surface area contributed by atoms with Crippen LogP contribution in [0.5, 0.6) is 0 Å². The molecule has 1 aromatic rings. The molecule has 1 N–H and O–H groups in total. The lowest BCUT2D eigenvalue weighted by atomic mass is 10.1. The molecular weight excluding hydrogens is 268 g/mol. The third-order valence-electron chi connectivity index (χ3n) is 4.17. The summed E-state index contributed by atoms with van der Waals surface area (Å²) in [5, 5.41) is 9.11. The van der Waals surface area contributed by atoms with Gasteiger partial charge in [-0.1, -0.05) is 13.0 Å². The highest BCUT2D eigenvalue weighted by atomic mass is 16.4. The van der Waals surface area contributed by atoms with Gasteiger partial charge in [0.15, 0.2) is 0 Å². The van der Waals surface area contributed by atoms with E-state index in [0.717, 1.165) is 24.1 Å². The van der Waals surface area contributed by atoms with E-state index in [1.165, 1.54) is 0 Å². The number of nitrogens with zero attached hydrogens (tertiary/aromatic N) is 2. The summed E-state index contributed by atoms with van der Waals surface area (Å²) in [6.45, 7) is 7.32. The molecule has 0 radical (unpaired) electrons. The van der Waals surface area contributed by atoms with Crippen LogP contribution in [0.2, 0.25) is 0 Å². The Labute approximate surface area is 125 Å². The summed E-state index contributed by atoms with van der Waals surface area (Å²) in [7, 11) is 0. The third kappa shape index (κ3) is 2.86. The fourth-order valence-corrected chi connectivity index (χ4v) is 2.72. The first kappa shape index (κ1) is 15.4. The first-order valence-corrected chi connectivity index (χ1v) is 7.43. The van der Waals surface area contributed by atoms with Crippen LogP contribution in [-0.4, -0.2) is 41.1 Å². The zero-order valence-corrected chi connectivity index (χ0v) is 12.8. The number of aromatic carboxylic acids is 1. The van der Waals surface area contributed by atoms with Crippen molar-refractivity contribution in [3.63, 3.8) is 0 Å². The number of amides is 2. The molecule has 1 unspecified atom stereocenters. The van der Waals surface area contributed by atoms with E-state index in [9.17, 15) is 9.59 Å². The van der Waals surface area contributed by atoms with Gasteiger partial charge in [0.1, 0.15) is 0 Å². The van der Waals surface area contributed by atoms with E-state index < -0.39 is 5.97 Å². The molecule has 1 aliphatic heterocycles. The summed E-state index contributed by atoms with van der Waals surface area (Å²) in [6.07, 6.45) is 1.68. The molecule has 5 heteroatoms. The first-order valence-electron chi connectivity index (χ1n) is 7.43. The second kappa shape index (κ2) is 6.16. The molecule has 21 heavy (non-hydrogen) atoms. The maximum atomic E-state index is 12.7. The van der Waals surface area contributed by atoms with Crippen LogP contribution < -0.4 is 4.90 Å². The van der Waals surface area contributed by atoms with Crippen LogP contribution in [0.1, 0.15) is 43.1 Å². The number of rotatable bonds is 4. The third-order valence-corrected chi connectivity index (χ3v) is 4.17. The number of carboxylic acid groups (broad SMARTS) is 1. The molecule has 1 aromatic carbocycles. The summed E-state index contributed by atoms with van der Waals surface area (Å²) in [5.41, 5.74) is 2.00. The second-order valence-electron chi connectivity index (χ2n) is 5.38. The van der Waals surface area contributed by atoms with E-state index in [1.807, 2.05) is 24.8 Å². The number of carbonyl (C=O) groups is 2. The highest BCUT2D eigenvalue weighted by Crippen LogP contribution is 2.30. The van der Waals surface area contributed by atoms with Crippen LogP contribution in [0, 0.1) is 0 Å². The van der Waals surface area contributed by atoms with Gasteiger partial charge in [0.25, 0.3) is 0 Å². The summed E-state index contributed by atoms with van der Waals surface area (Å²) in [4.78, 5) is 27.4. The topological polar surface area (TPSA) is 60.9 Å². The quantitative estimate of drug-likeness (QED) is 0.927. The zero-order valence-electron chi connectivity index (χ0n) is 12.8. The number of carbonyl (C=O) groups excluding carboxylic acids is 1. The van der Waals surface area contributed by atoms with Gasteiger partial charge in [-0.2, -0.15) is 0 Å². The molecule has 0 spiro atoms. The zero-order chi connectivity index (χ0) is 15.6. The van der Waals surface area contributed by atoms with Crippen molar-refractivity contribution in [3.05, 3.63) is 29.3 Å². The van der Waals surface area contributed by atoms with E-state index in [1.54, 1.807) is 17.0 Å². The molecule has 1 atom stereocenters. The van der Waals surface area contributed by atoms with Gasteiger partial charge in [0, 0.05) is 24.8 Å². The van der Waals surface area contributed by atoms with Crippen molar-refractivity contribution < 1.29 is 14.7 Å². The minimum atomic E-state index is -0.966. The van der Waals surface area contributed by atoms with Gasteiger partial charge in [-0.3, -0.25) is 4.90 Å². The smallest absolute Gasteiger partial charge is 0.335 e. The van der Waals surface area contributed by atoms with Crippen LogP contribution in [0.4, 0.5) is 10.5 Å². The Balaban J connectivity index is 2.30. The molecule has 2 rings (SSSR count). The summed E-state index contributed by atoms with van der Waals surface area (Å²) >= 11 is 0. The summed E-state index contributed by atoms with van der Waals surface area (Å²) in [5.74, 6) is -0.966. The number of hydrogen-bond acceptors (Lipinski definition) is 2. The number of hydrogen-bond donors (Lipinski definition) is 1. The highest BCUT2D eigenvalue weighted by Gasteiger charge is 2.30. The van der Waals surface area contributed by atoms with E-state index in [4.69, 9.17) is 5.11 Å². The van der Waals surface area contributed by atoms with Crippen molar-refractivity contribution in [1.29, 1.82) is 0 Å². The van der Waals surface area contributed by atoms with Gasteiger partial charge >= 0.3 is 12.0 Å². The highest BCUT2D eigenvalue weighted by molar-refractivity contribution is 5.97. The molecule has 0 aliphatic carbocycles. The minimum Gasteiger partial charge on any atom is -0.478 e. The first-order chi connectivity index (χ1) is 9.99. The molecule has 0 saturated carbocycles. The number of urea groups is 1. The predicted octanol–water partition coefficient (Wildman–Crippen LogP) is 2.99. The van der Waals surface area contributed by atoms with Crippen molar-refractivity contribution in [3.8, 4) is 0 Å². The SMILES string of the molecule is CCC(C)N(CC)C(=O)N1CCc2ccc(C(=O)O)cc21. The lowest BCUT2D eigenvalue weighted by molar-refractivity contribution is 0.0697. The Kier molecular flexibility index (Phi) is 4.50. The van der Waals surface area contributed by atoms with E-state index in [0.29, 0.717) is 13.1 Å². The molecule has 1 heterocycles. The Bertz CT molecular complexity index is 556. The fraction of sp³-hybridized carbons (Fsp3) is 0.500.